The summed E-state index contributed by atoms with van der Waals surface area (Å²) in [6.07, 6.45) is 0.918. The lowest BCUT2D eigenvalue weighted by Crippen LogP contribution is -2.29. The summed E-state index contributed by atoms with van der Waals surface area (Å²) in [5.74, 6) is 1.15. The molecule has 0 atom stereocenters. The van der Waals surface area contributed by atoms with Crippen LogP contribution in [0.4, 0.5) is 0 Å². The Morgan fingerprint density at radius 3 is 2.41 bits per heavy atom. The number of hydrogen-bond donors (Lipinski definition) is 1. The largest absolute Gasteiger partial charge is 0.490 e. The molecule has 0 aliphatic heterocycles. The zero-order valence-corrected chi connectivity index (χ0v) is 10.4. The molecule has 0 heterocycles. The van der Waals surface area contributed by atoms with Crippen LogP contribution in [0.15, 0.2) is 24.3 Å². The quantitative estimate of drug-likeness (QED) is 0.789. The van der Waals surface area contributed by atoms with Crippen LogP contribution in [0.1, 0.15) is 20.3 Å². The molecule has 1 rings (SSSR count). The molecule has 1 N–H and O–H groups in total. The summed E-state index contributed by atoms with van der Waals surface area (Å²) in [7, 11) is 0. The maximum Gasteiger partial charge on any atom is 0.257 e. The lowest BCUT2D eigenvalue weighted by atomic mass is 10.3. The van der Waals surface area contributed by atoms with E-state index >= 15 is 0 Å². The van der Waals surface area contributed by atoms with E-state index in [0.717, 1.165) is 6.42 Å². The van der Waals surface area contributed by atoms with Gasteiger partial charge in [0.2, 0.25) is 0 Å². The summed E-state index contributed by atoms with van der Waals surface area (Å²) in [5, 5.41) is 2.75. The first kappa shape index (κ1) is 13.4. The highest BCUT2D eigenvalue weighted by molar-refractivity contribution is 5.77. The van der Waals surface area contributed by atoms with Crippen LogP contribution in [-0.4, -0.2) is 25.7 Å². The van der Waals surface area contributed by atoms with Crippen LogP contribution in [-0.2, 0) is 4.79 Å². The van der Waals surface area contributed by atoms with Crippen LogP contribution in [0.25, 0.3) is 0 Å². The molecule has 0 aromatic heterocycles. The summed E-state index contributed by atoms with van der Waals surface area (Å²) >= 11 is 0. The van der Waals surface area contributed by atoms with Crippen molar-refractivity contribution in [1.29, 1.82) is 0 Å². The van der Waals surface area contributed by atoms with Gasteiger partial charge in [-0.25, -0.2) is 0 Å². The van der Waals surface area contributed by atoms with Crippen LogP contribution in [0.3, 0.4) is 0 Å². The molecular formula is C13H19NO3. The molecule has 4 nitrogen and oxygen atoms in total. The molecule has 0 spiro atoms. The third kappa shape index (κ3) is 4.76. The highest BCUT2D eigenvalue weighted by atomic mass is 16.5. The van der Waals surface area contributed by atoms with Gasteiger partial charge in [-0.1, -0.05) is 19.1 Å². The number of benzene rings is 1. The Bertz CT molecular complexity index is 352. The van der Waals surface area contributed by atoms with Crippen LogP contribution in [0.5, 0.6) is 11.5 Å². The van der Waals surface area contributed by atoms with Crippen molar-refractivity contribution in [1.82, 2.24) is 5.32 Å². The van der Waals surface area contributed by atoms with E-state index in [1.54, 1.807) is 6.07 Å². The van der Waals surface area contributed by atoms with Gasteiger partial charge in [-0.3, -0.25) is 4.79 Å². The third-order valence-corrected chi connectivity index (χ3v) is 2.08. The molecule has 0 aliphatic carbocycles. The standard InChI is InChI=1S/C13H19NO3/c1-3-9-14-13(15)10-17-12-8-6-5-7-11(12)16-4-2/h5-8H,3-4,9-10H2,1-2H3,(H,14,15). The molecule has 1 amide bonds. The maximum absolute atomic E-state index is 11.4. The van der Waals surface area contributed by atoms with Gasteiger partial charge in [0.25, 0.3) is 5.91 Å². The molecule has 0 aliphatic rings. The predicted molar refractivity (Wildman–Crippen MR) is 66.4 cm³/mol. The van der Waals surface area contributed by atoms with Gasteiger partial charge in [-0.15, -0.1) is 0 Å². The van der Waals surface area contributed by atoms with Gasteiger partial charge in [-0.2, -0.15) is 0 Å². The minimum atomic E-state index is -0.113. The van der Waals surface area contributed by atoms with Crippen molar-refractivity contribution >= 4 is 5.91 Å². The summed E-state index contributed by atoms with van der Waals surface area (Å²) in [6, 6.07) is 7.33. The minimum Gasteiger partial charge on any atom is -0.490 e. The zero-order chi connectivity index (χ0) is 12.5. The van der Waals surface area contributed by atoms with Crippen LogP contribution < -0.4 is 14.8 Å². The van der Waals surface area contributed by atoms with E-state index in [9.17, 15) is 4.79 Å². The van der Waals surface area contributed by atoms with Gasteiger partial charge in [0, 0.05) is 6.54 Å². The van der Waals surface area contributed by atoms with E-state index in [4.69, 9.17) is 9.47 Å². The Kier molecular flexibility index (Phi) is 5.93. The van der Waals surface area contributed by atoms with Gasteiger partial charge in [0.05, 0.1) is 6.61 Å². The van der Waals surface area contributed by atoms with E-state index in [1.165, 1.54) is 0 Å². The van der Waals surface area contributed by atoms with Gasteiger partial charge >= 0.3 is 0 Å². The van der Waals surface area contributed by atoms with E-state index in [1.807, 2.05) is 32.0 Å². The number of rotatable bonds is 7. The first-order chi connectivity index (χ1) is 8.27. The number of amides is 1. The van der Waals surface area contributed by atoms with Crippen molar-refractivity contribution < 1.29 is 14.3 Å². The molecule has 1 aromatic rings. The fourth-order valence-electron chi connectivity index (χ4n) is 1.30. The van der Waals surface area contributed by atoms with E-state index in [2.05, 4.69) is 5.32 Å². The molecule has 0 saturated carbocycles. The van der Waals surface area contributed by atoms with Crippen molar-refractivity contribution in [2.75, 3.05) is 19.8 Å². The fourth-order valence-corrected chi connectivity index (χ4v) is 1.30. The van der Waals surface area contributed by atoms with Crippen LogP contribution >= 0.6 is 0 Å². The molecule has 0 unspecified atom stereocenters. The smallest absolute Gasteiger partial charge is 0.257 e. The first-order valence-electron chi connectivity index (χ1n) is 5.89. The van der Waals surface area contributed by atoms with Gasteiger partial charge in [0.15, 0.2) is 18.1 Å². The molecule has 17 heavy (non-hydrogen) atoms. The van der Waals surface area contributed by atoms with Gasteiger partial charge < -0.3 is 14.8 Å². The Hall–Kier alpha value is -1.71. The van der Waals surface area contributed by atoms with Crippen LogP contribution in [0, 0.1) is 0 Å². The lowest BCUT2D eigenvalue weighted by molar-refractivity contribution is -0.123. The third-order valence-electron chi connectivity index (χ3n) is 2.08. The van der Waals surface area contributed by atoms with E-state index in [-0.39, 0.29) is 12.5 Å². The molecule has 1 aromatic carbocycles. The molecule has 4 heteroatoms. The number of carbonyl (C=O) groups excluding carboxylic acids is 1. The number of para-hydroxylation sites is 2. The zero-order valence-electron chi connectivity index (χ0n) is 10.4. The highest BCUT2D eigenvalue weighted by Gasteiger charge is 2.06. The molecule has 0 saturated heterocycles. The summed E-state index contributed by atoms with van der Waals surface area (Å²) in [4.78, 5) is 11.4. The SMILES string of the molecule is CCCNC(=O)COc1ccccc1OCC. The average molecular weight is 237 g/mol. The summed E-state index contributed by atoms with van der Waals surface area (Å²) < 4.78 is 10.8. The molecule has 0 radical (unpaired) electrons. The number of nitrogens with one attached hydrogen (secondary N) is 1. The Labute approximate surface area is 102 Å². The number of ether oxygens (including phenoxy) is 2. The van der Waals surface area contributed by atoms with Crippen molar-refractivity contribution in [2.24, 2.45) is 0 Å². The average Bonchev–Trinajstić information content (AvgIpc) is 2.35. The normalized spacial score (nSPS) is 9.76. The molecule has 0 fully saturated rings. The fraction of sp³-hybridized carbons (Fsp3) is 0.462. The highest BCUT2D eigenvalue weighted by Crippen LogP contribution is 2.26. The van der Waals surface area contributed by atoms with Crippen molar-refractivity contribution in [3.05, 3.63) is 24.3 Å². The summed E-state index contributed by atoms with van der Waals surface area (Å²) in [5.41, 5.74) is 0. The number of hydrogen-bond acceptors (Lipinski definition) is 3. The summed E-state index contributed by atoms with van der Waals surface area (Å²) in [6.45, 7) is 5.18. The van der Waals surface area contributed by atoms with Crippen molar-refractivity contribution in [3.8, 4) is 11.5 Å². The maximum atomic E-state index is 11.4. The van der Waals surface area contributed by atoms with E-state index in [0.29, 0.717) is 24.7 Å². The van der Waals surface area contributed by atoms with Crippen molar-refractivity contribution in [2.45, 2.75) is 20.3 Å². The second-order valence-electron chi connectivity index (χ2n) is 3.52. The molecule has 94 valence electrons. The number of carbonyl (C=O) groups is 1. The first-order valence-corrected chi connectivity index (χ1v) is 5.89. The second kappa shape index (κ2) is 7.54. The van der Waals surface area contributed by atoms with Crippen LogP contribution in [0.2, 0.25) is 0 Å². The predicted octanol–water partition coefficient (Wildman–Crippen LogP) is 1.99. The monoisotopic (exact) mass is 237 g/mol. The van der Waals surface area contributed by atoms with Crippen molar-refractivity contribution in [3.63, 3.8) is 0 Å². The Morgan fingerprint density at radius 1 is 1.18 bits per heavy atom. The lowest BCUT2D eigenvalue weighted by Gasteiger charge is -2.11. The Balaban J connectivity index is 2.47. The Morgan fingerprint density at radius 2 is 1.82 bits per heavy atom. The van der Waals surface area contributed by atoms with Gasteiger partial charge in [-0.05, 0) is 25.5 Å². The minimum absolute atomic E-state index is 0.0179. The molecular weight excluding hydrogens is 218 g/mol. The topological polar surface area (TPSA) is 47.6 Å². The van der Waals surface area contributed by atoms with Gasteiger partial charge in [0.1, 0.15) is 0 Å². The second-order valence-corrected chi connectivity index (χ2v) is 3.52. The molecule has 0 bridgehead atoms. The van der Waals surface area contributed by atoms with E-state index < -0.39 is 0 Å².